The van der Waals surface area contributed by atoms with Crippen LogP contribution in [0.25, 0.3) is 0 Å². The lowest BCUT2D eigenvalue weighted by Gasteiger charge is -2.25. The first-order valence-electron chi connectivity index (χ1n) is 19.5. The molecule has 4 amide bonds. The molecule has 16 heteroatoms. The molecule has 0 unspecified atom stereocenters. The summed E-state index contributed by atoms with van der Waals surface area (Å²) in [5.41, 5.74) is 1.76. The van der Waals surface area contributed by atoms with Crippen molar-refractivity contribution in [3.05, 3.63) is 70.8 Å². The number of rotatable bonds is 0. The molecule has 9 aliphatic rings. The van der Waals surface area contributed by atoms with E-state index < -0.39 is 0 Å². The second-order valence-electron chi connectivity index (χ2n) is 13.2. The average molecular weight is 785 g/mol. The number of ether oxygens (including phenoxy) is 8. The van der Waals surface area contributed by atoms with Crippen LogP contribution in [0.3, 0.4) is 0 Å². The van der Waals surface area contributed by atoms with Gasteiger partial charge in [0.15, 0.2) is 0 Å². The van der Waals surface area contributed by atoms with Crippen LogP contribution in [-0.2, 0) is 37.9 Å². The summed E-state index contributed by atoms with van der Waals surface area (Å²) < 4.78 is 46.4. The number of carbonyl (C=O) groups is 4. The van der Waals surface area contributed by atoms with Gasteiger partial charge in [0.1, 0.15) is 0 Å². The van der Waals surface area contributed by atoms with Crippen molar-refractivity contribution in [2.75, 3.05) is 158 Å². The number of nitrogens with zero attached hydrogens (tertiary/aromatic N) is 4. The van der Waals surface area contributed by atoms with Crippen molar-refractivity contribution in [3.63, 3.8) is 0 Å². The fourth-order valence-corrected chi connectivity index (χ4v) is 6.19. The Morgan fingerprint density at radius 2 is 0.393 bits per heavy atom. The summed E-state index contributed by atoms with van der Waals surface area (Å²) in [7, 11) is 0. The SMILES string of the molecule is O=C1c2ccc(cc2)C(=O)N2CCOCCOCCN(CCOCCOCC2)C(=O)c2ccc(cc2)C(=O)N2CCOCCOCCN1CCOCCOCC2. The molecule has 0 spiro atoms. The minimum atomic E-state index is -0.203. The first-order valence-corrected chi connectivity index (χ1v) is 19.5. The van der Waals surface area contributed by atoms with Crippen LogP contribution < -0.4 is 0 Å². The first kappa shape index (κ1) is 43.1. The van der Waals surface area contributed by atoms with Gasteiger partial charge in [0.05, 0.1) is 106 Å². The van der Waals surface area contributed by atoms with E-state index in [1.54, 1.807) is 68.1 Å². The summed E-state index contributed by atoms with van der Waals surface area (Å²) in [5.74, 6) is -0.813. The summed E-state index contributed by atoms with van der Waals surface area (Å²) in [6.45, 7) is 7.37. The topological polar surface area (TPSA) is 155 Å². The Bertz CT molecular complexity index is 1230. The maximum absolute atomic E-state index is 13.6. The van der Waals surface area contributed by atoms with Gasteiger partial charge in [-0.25, -0.2) is 0 Å². The highest BCUT2D eigenvalue weighted by atomic mass is 16.5. The van der Waals surface area contributed by atoms with Crippen LogP contribution in [0.4, 0.5) is 0 Å². The van der Waals surface area contributed by atoms with E-state index in [2.05, 4.69) is 0 Å². The van der Waals surface area contributed by atoms with Gasteiger partial charge in [-0.2, -0.15) is 0 Å². The molecule has 2 fully saturated rings. The molecule has 9 aliphatic heterocycles. The third-order valence-corrected chi connectivity index (χ3v) is 9.44. The van der Waals surface area contributed by atoms with Crippen LogP contribution in [0.5, 0.6) is 0 Å². The van der Waals surface area contributed by atoms with Crippen LogP contribution in [0, 0.1) is 0 Å². The molecule has 11 rings (SSSR count). The fraction of sp³-hybridized carbons (Fsp3) is 0.600. The molecule has 0 aliphatic carbocycles. The molecule has 0 radical (unpaired) electrons. The maximum atomic E-state index is 13.6. The van der Waals surface area contributed by atoms with E-state index in [4.69, 9.17) is 37.9 Å². The number of hydrogen-bond donors (Lipinski definition) is 0. The molecule has 2 aromatic rings. The third kappa shape index (κ3) is 14.2. The Hall–Kier alpha value is -4.00. The second kappa shape index (κ2) is 24.6. The molecule has 308 valence electrons. The number of benzene rings is 2. The predicted molar refractivity (Wildman–Crippen MR) is 203 cm³/mol. The zero-order valence-electron chi connectivity index (χ0n) is 32.3. The van der Waals surface area contributed by atoms with E-state index in [1.165, 1.54) is 0 Å². The Morgan fingerprint density at radius 1 is 0.250 bits per heavy atom. The largest absolute Gasteiger partial charge is 0.377 e. The van der Waals surface area contributed by atoms with Crippen molar-refractivity contribution >= 4 is 23.6 Å². The molecule has 2 aromatic carbocycles. The Kier molecular flexibility index (Phi) is 18.9. The second-order valence-corrected chi connectivity index (χ2v) is 13.2. The van der Waals surface area contributed by atoms with Crippen molar-refractivity contribution < 1.29 is 57.1 Å². The summed E-state index contributed by atoms with van der Waals surface area (Å²) >= 11 is 0. The highest BCUT2D eigenvalue weighted by Gasteiger charge is 2.22. The Balaban J connectivity index is 1.37. The number of amides is 4. The van der Waals surface area contributed by atoms with Crippen molar-refractivity contribution in [1.82, 2.24) is 19.6 Å². The minimum Gasteiger partial charge on any atom is -0.377 e. The highest BCUT2D eigenvalue weighted by Crippen LogP contribution is 2.13. The zero-order chi connectivity index (χ0) is 39.2. The summed E-state index contributed by atoms with van der Waals surface area (Å²) in [6.07, 6.45) is 0. The van der Waals surface area contributed by atoms with Crippen LogP contribution >= 0.6 is 0 Å². The minimum absolute atomic E-state index is 0.203. The van der Waals surface area contributed by atoms with Gasteiger partial charge >= 0.3 is 0 Å². The predicted octanol–water partition coefficient (Wildman–Crippen LogP) is 1.33. The lowest BCUT2D eigenvalue weighted by molar-refractivity contribution is 0.00875. The standard InChI is InChI=1S/C40H56N4O12/c45-37-33-1-2-34(4-3-33)38(46)42-11-19-51-29-31-55-23-15-44(16-24-56-32-30-52-20-12-42)40(48)36-7-5-35(6-8-36)39(47)43-13-21-53-27-25-49-17-9-41(37)10-18-50-26-28-54-22-14-43/h1-8H,9-32H2. The average Bonchev–Trinajstić information content (AvgIpc) is 3.22. The fourth-order valence-electron chi connectivity index (χ4n) is 6.19. The highest BCUT2D eigenvalue weighted by molar-refractivity contribution is 5.98. The Labute approximate surface area is 328 Å². The van der Waals surface area contributed by atoms with Gasteiger partial charge in [-0.15, -0.1) is 0 Å². The lowest BCUT2D eigenvalue weighted by Crippen LogP contribution is -2.38. The van der Waals surface area contributed by atoms with Crippen molar-refractivity contribution in [2.24, 2.45) is 0 Å². The normalized spacial score (nSPS) is 21.4. The van der Waals surface area contributed by atoms with Crippen molar-refractivity contribution in [1.29, 1.82) is 0 Å². The molecule has 0 atom stereocenters. The Morgan fingerprint density at radius 3 is 0.536 bits per heavy atom. The van der Waals surface area contributed by atoms with Gasteiger partial charge in [0, 0.05) is 74.6 Å². The molecule has 0 aromatic heterocycles. The van der Waals surface area contributed by atoms with E-state index in [1.807, 2.05) is 0 Å². The molecular weight excluding hydrogens is 728 g/mol. The van der Waals surface area contributed by atoms with Crippen LogP contribution in [0.15, 0.2) is 48.5 Å². The summed E-state index contributed by atoms with van der Waals surface area (Å²) in [5, 5.41) is 0. The smallest absolute Gasteiger partial charge is 0.254 e. The maximum Gasteiger partial charge on any atom is 0.254 e. The monoisotopic (exact) mass is 784 g/mol. The summed E-state index contributed by atoms with van der Waals surface area (Å²) in [6, 6.07) is 13.3. The van der Waals surface area contributed by atoms with Gasteiger partial charge in [-0.05, 0) is 48.5 Å². The molecule has 9 heterocycles. The number of hydrogen-bond acceptors (Lipinski definition) is 12. The molecule has 56 heavy (non-hydrogen) atoms. The van der Waals surface area contributed by atoms with Crippen LogP contribution in [-0.4, -0.2) is 201 Å². The zero-order valence-corrected chi connectivity index (χ0v) is 32.3. The van der Waals surface area contributed by atoms with Gasteiger partial charge in [-0.3, -0.25) is 19.2 Å². The molecule has 0 saturated carbocycles. The van der Waals surface area contributed by atoms with Gasteiger partial charge in [0.2, 0.25) is 0 Å². The van der Waals surface area contributed by atoms with Crippen LogP contribution in [0.2, 0.25) is 0 Å². The van der Waals surface area contributed by atoms with Crippen LogP contribution in [0.1, 0.15) is 41.4 Å². The molecule has 0 N–H and O–H groups in total. The quantitative estimate of drug-likeness (QED) is 0.379. The molecule has 16 nitrogen and oxygen atoms in total. The van der Waals surface area contributed by atoms with E-state index in [0.29, 0.717) is 127 Å². The van der Waals surface area contributed by atoms with E-state index >= 15 is 0 Å². The first-order chi connectivity index (χ1) is 27.5. The van der Waals surface area contributed by atoms with E-state index in [-0.39, 0.29) is 76.5 Å². The molecule has 2 saturated heterocycles. The third-order valence-electron chi connectivity index (χ3n) is 9.44. The van der Waals surface area contributed by atoms with Crippen molar-refractivity contribution in [2.45, 2.75) is 0 Å². The summed E-state index contributed by atoms with van der Waals surface area (Å²) in [4.78, 5) is 61.3. The van der Waals surface area contributed by atoms with Gasteiger partial charge in [-0.1, -0.05) is 0 Å². The van der Waals surface area contributed by atoms with Gasteiger partial charge in [0.25, 0.3) is 23.6 Å². The molecule has 8 bridgehead atoms. The van der Waals surface area contributed by atoms with E-state index in [0.717, 1.165) is 0 Å². The van der Waals surface area contributed by atoms with Gasteiger partial charge < -0.3 is 57.5 Å². The van der Waals surface area contributed by atoms with E-state index in [9.17, 15) is 19.2 Å². The van der Waals surface area contributed by atoms with Crippen molar-refractivity contribution in [3.8, 4) is 0 Å². The number of carbonyl (C=O) groups excluding carboxylic acids is 4. The molecular formula is C40H56N4O12. The lowest BCUT2D eigenvalue weighted by atomic mass is 10.1.